The van der Waals surface area contributed by atoms with Crippen LogP contribution in [-0.2, 0) is 37.9 Å². The van der Waals surface area contributed by atoms with Gasteiger partial charge in [-0.05, 0) is 75.4 Å². The molecule has 1 saturated carbocycles. The van der Waals surface area contributed by atoms with Crippen molar-refractivity contribution in [2.45, 2.75) is 90.7 Å². The minimum atomic E-state index is -1.19. The van der Waals surface area contributed by atoms with E-state index >= 15 is 0 Å². The van der Waals surface area contributed by atoms with Crippen LogP contribution in [0.5, 0.6) is 11.5 Å². The molecule has 13 heteroatoms. The fourth-order valence-electron chi connectivity index (χ4n) is 7.00. The van der Waals surface area contributed by atoms with E-state index < -0.39 is 13.6 Å². The number of esters is 1. The lowest BCUT2D eigenvalue weighted by atomic mass is 9.68. The van der Waals surface area contributed by atoms with Gasteiger partial charge in [0.25, 0.3) is 0 Å². The smallest absolute Gasteiger partial charge is 0.308 e. The zero-order valence-corrected chi connectivity index (χ0v) is 34.2. The second-order valence-corrected chi connectivity index (χ2v) is 21.8. The van der Waals surface area contributed by atoms with Gasteiger partial charge in [0.05, 0.1) is 65.9 Å². The summed E-state index contributed by atoms with van der Waals surface area (Å²) in [5.74, 6) is 1.85. The largest absolute Gasteiger partial charge is 0.466 e. The van der Waals surface area contributed by atoms with Crippen LogP contribution in [0.25, 0.3) is 33.3 Å². The number of hydrogen-bond donors (Lipinski definition) is 0. The topological polar surface area (TPSA) is 115 Å². The first kappa shape index (κ1) is 38.6. The molecule has 1 aliphatic rings. The molecule has 0 saturated heterocycles. The predicted octanol–water partition coefficient (Wildman–Crippen LogP) is 9.57. The van der Waals surface area contributed by atoms with E-state index in [9.17, 15) is 4.79 Å². The van der Waals surface area contributed by atoms with Crippen LogP contribution in [-0.4, -0.2) is 62.7 Å². The predicted molar refractivity (Wildman–Crippen MR) is 217 cm³/mol. The summed E-state index contributed by atoms with van der Waals surface area (Å²) < 4.78 is 28.0. The number of fused-ring (bicyclic) bond motifs is 2. The van der Waals surface area contributed by atoms with Crippen molar-refractivity contribution in [1.29, 1.82) is 0 Å². The van der Waals surface area contributed by atoms with E-state index in [2.05, 4.69) is 48.2 Å². The number of ether oxygens (including phenoxy) is 4. The highest BCUT2D eigenvalue weighted by atomic mass is 35.5. The highest BCUT2D eigenvalue weighted by molar-refractivity contribution is 6.76. The van der Waals surface area contributed by atoms with Crippen LogP contribution in [0.2, 0.25) is 30.7 Å². The van der Waals surface area contributed by atoms with Gasteiger partial charge in [0.2, 0.25) is 0 Å². The second-order valence-electron chi connectivity index (χ2n) is 15.8. The summed E-state index contributed by atoms with van der Waals surface area (Å²) in [4.78, 5) is 27.2. The maximum atomic E-state index is 12.9. The van der Waals surface area contributed by atoms with Crippen LogP contribution in [0, 0.1) is 12.8 Å². The van der Waals surface area contributed by atoms with Crippen molar-refractivity contribution < 1.29 is 23.7 Å². The van der Waals surface area contributed by atoms with Gasteiger partial charge in [-0.3, -0.25) is 14.5 Å². The minimum Gasteiger partial charge on any atom is -0.466 e. The molecule has 6 aromatic rings. The summed E-state index contributed by atoms with van der Waals surface area (Å²) in [6, 6.07) is 20.7. The molecule has 0 N–H and O–H groups in total. The van der Waals surface area contributed by atoms with Gasteiger partial charge in [-0.25, -0.2) is 9.97 Å². The molecule has 55 heavy (non-hydrogen) atoms. The Hall–Kier alpha value is -4.62. The average Bonchev–Trinajstić information content (AvgIpc) is 3.76. The Bertz CT molecular complexity index is 2280. The zero-order chi connectivity index (χ0) is 38.7. The maximum absolute atomic E-state index is 12.9. The van der Waals surface area contributed by atoms with Crippen molar-refractivity contribution in [1.82, 2.24) is 29.3 Å². The summed E-state index contributed by atoms with van der Waals surface area (Å²) in [7, 11) is -1.19. The Labute approximate surface area is 328 Å². The van der Waals surface area contributed by atoms with E-state index in [-0.39, 0.29) is 24.4 Å². The van der Waals surface area contributed by atoms with Gasteiger partial charge >= 0.3 is 5.97 Å². The molecule has 7 rings (SSSR count). The number of carbonyl (C=O) groups is 1. The van der Waals surface area contributed by atoms with Gasteiger partial charge in [-0.1, -0.05) is 61.6 Å². The van der Waals surface area contributed by atoms with Crippen LogP contribution < -0.4 is 4.74 Å². The van der Waals surface area contributed by atoms with E-state index in [0.717, 1.165) is 53.5 Å². The number of carbonyl (C=O) groups excluding carboxylic acids is 1. The molecule has 3 heterocycles. The number of benzene rings is 3. The first-order chi connectivity index (χ1) is 26.4. The number of aryl methyl sites for hydroxylation is 1. The number of aromatic nitrogens is 6. The van der Waals surface area contributed by atoms with Gasteiger partial charge in [0.15, 0.2) is 0 Å². The van der Waals surface area contributed by atoms with E-state index in [0.29, 0.717) is 53.2 Å². The summed E-state index contributed by atoms with van der Waals surface area (Å²) >= 11 is 6.99. The van der Waals surface area contributed by atoms with Gasteiger partial charge in [-0.15, -0.1) is 0 Å². The lowest BCUT2D eigenvalue weighted by Crippen LogP contribution is -2.49. The summed E-state index contributed by atoms with van der Waals surface area (Å²) in [5, 5.41) is 5.12. The Morgan fingerprint density at radius 1 is 1.02 bits per heavy atom. The Balaban J connectivity index is 1.09. The maximum Gasteiger partial charge on any atom is 0.308 e. The molecule has 11 nitrogen and oxygen atoms in total. The van der Waals surface area contributed by atoms with Crippen LogP contribution in [0.1, 0.15) is 44.5 Å². The first-order valence-electron chi connectivity index (χ1n) is 18.9. The van der Waals surface area contributed by atoms with Crippen LogP contribution in [0.15, 0.2) is 79.3 Å². The third-order valence-corrected chi connectivity index (χ3v) is 12.6. The molecule has 0 aliphatic heterocycles. The standard InChI is InChI=1S/C42H49ClN6O5Si/c1-7-52-39(50)22-42(3,31-19-33(20-31)53-26-29-11-9-8-10-12-29)49-25-30(23-45-49)36-24-44-35-15-16-38(40(43)41(35)47-36)54-32-13-14-34-37(21-32)48(28(2)46-34)27-51-17-18-55(4,5)6/h8-16,21,23-25,31,33H,7,17-20,22,26-27H2,1-6H3. The van der Waals surface area contributed by atoms with Crippen molar-refractivity contribution in [2.24, 2.45) is 5.92 Å². The molecule has 0 radical (unpaired) electrons. The fourth-order valence-corrected chi connectivity index (χ4v) is 8.00. The number of halogens is 1. The molecule has 3 aromatic heterocycles. The SMILES string of the molecule is CCOC(=O)CC(C)(C1CC(OCc2ccccc2)C1)n1cc(-c2cnc3ccc(Oc4ccc5nc(C)n(COCC[Si](C)(C)C)c5c4)c(Cl)c3n2)cn1. The lowest BCUT2D eigenvalue weighted by Gasteiger charge is -2.46. The fraction of sp³-hybridized carbons (Fsp3) is 0.405. The van der Waals surface area contributed by atoms with E-state index in [1.165, 1.54) is 0 Å². The number of hydrogen-bond acceptors (Lipinski definition) is 9. The number of rotatable bonds is 16. The van der Waals surface area contributed by atoms with Crippen LogP contribution in [0.3, 0.4) is 0 Å². The molecule has 1 unspecified atom stereocenters. The Morgan fingerprint density at radius 3 is 2.56 bits per heavy atom. The van der Waals surface area contributed by atoms with E-state index in [4.69, 9.17) is 45.6 Å². The molecule has 0 spiro atoms. The van der Waals surface area contributed by atoms with Gasteiger partial charge < -0.3 is 23.5 Å². The van der Waals surface area contributed by atoms with Crippen molar-refractivity contribution in [3.8, 4) is 22.8 Å². The zero-order valence-electron chi connectivity index (χ0n) is 32.4. The second kappa shape index (κ2) is 16.2. The minimum absolute atomic E-state index is 0.110. The Morgan fingerprint density at radius 2 is 1.80 bits per heavy atom. The highest BCUT2D eigenvalue weighted by Gasteiger charge is 2.47. The molecule has 0 bridgehead atoms. The monoisotopic (exact) mass is 780 g/mol. The van der Waals surface area contributed by atoms with Crippen molar-refractivity contribution in [2.75, 3.05) is 13.2 Å². The molecule has 3 aromatic carbocycles. The van der Waals surface area contributed by atoms with E-state index in [1.54, 1.807) is 18.5 Å². The highest BCUT2D eigenvalue weighted by Crippen LogP contribution is 2.45. The van der Waals surface area contributed by atoms with Crippen LogP contribution in [0.4, 0.5) is 0 Å². The molecule has 0 amide bonds. The first-order valence-corrected chi connectivity index (χ1v) is 23.0. The molecule has 1 aliphatic carbocycles. The van der Waals surface area contributed by atoms with Crippen molar-refractivity contribution >= 4 is 47.7 Å². The van der Waals surface area contributed by atoms with Crippen LogP contribution >= 0.6 is 11.6 Å². The third-order valence-electron chi connectivity index (χ3n) is 10.5. The molecular weight excluding hydrogens is 732 g/mol. The quantitative estimate of drug-likeness (QED) is 0.0538. The van der Waals surface area contributed by atoms with E-state index in [1.807, 2.05) is 67.2 Å². The number of imidazole rings is 1. The third kappa shape index (κ3) is 8.78. The Kier molecular flexibility index (Phi) is 11.4. The molecule has 288 valence electrons. The van der Waals surface area contributed by atoms with Gasteiger partial charge in [0.1, 0.15) is 34.6 Å². The normalized spacial score (nSPS) is 16.9. The molecule has 1 fully saturated rings. The molecule has 1 atom stereocenters. The number of nitrogens with zero attached hydrogens (tertiary/aromatic N) is 6. The van der Waals surface area contributed by atoms with Crippen molar-refractivity contribution in [3.05, 3.63) is 95.7 Å². The average molecular weight is 781 g/mol. The molecular formula is C42H49ClN6O5Si. The van der Waals surface area contributed by atoms with Crippen molar-refractivity contribution in [3.63, 3.8) is 0 Å². The summed E-state index contributed by atoms with van der Waals surface area (Å²) in [6.45, 7) is 14.9. The summed E-state index contributed by atoms with van der Waals surface area (Å²) in [6.07, 6.45) is 7.32. The van der Waals surface area contributed by atoms with Gasteiger partial charge in [0, 0.05) is 32.5 Å². The lowest BCUT2D eigenvalue weighted by molar-refractivity contribution is -0.149. The summed E-state index contributed by atoms with van der Waals surface area (Å²) in [5.41, 5.74) is 4.80. The van der Waals surface area contributed by atoms with Gasteiger partial charge in [-0.2, -0.15) is 5.10 Å².